The van der Waals surface area contributed by atoms with E-state index in [1.54, 1.807) is 6.07 Å². The van der Waals surface area contributed by atoms with Crippen molar-refractivity contribution < 1.29 is 4.39 Å². The first-order valence-corrected chi connectivity index (χ1v) is 7.18. The Morgan fingerprint density at radius 2 is 1.90 bits per heavy atom. The van der Waals surface area contributed by atoms with Crippen LogP contribution in [0.5, 0.6) is 0 Å². The molecule has 1 aromatic heterocycles. The van der Waals surface area contributed by atoms with Gasteiger partial charge in [-0.25, -0.2) is 4.39 Å². The van der Waals surface area contributed by atoms with E-state index in [0.29, 0.717) is 0 Å². The number of benzene rings is 1. The standard InChI is InChI=1S/C17H23FN2/c1-6-7-19-13-10-15(17(3,4)5)20-14-9-12(18)8-11(2)16(13)14/h8-10H,6-7H2,1-5H3,(H,19,20). The number of pyridine rings is 1. The van der Waals surface area contributed by atoms with Crippen molar-refractivity contribution in [1.82, 2.24) is 4.98 Å². The third-order valence-electron chi connectivity index (χ3n) is 3.40. The van der Waals surface area contributed by atoms with Crippen molar-refractivity contribution in [3.8, 4) is 0 Å². The van der Waals surface area contributed by atoms with Gasteiger partial charge in [0, 0.05) is 34.8 Å². The zero-order valence-corrected chi connectivity index (χ0v) is 13.0. The van der Waals surface area contributed by atoms with Crippen LogP contribution in [0.4, 0.5) is 10.1 Å². The van der Waals surface area contributed by atoms with Gasteiger partial charge in [0.05, 0.1) is 5.52 Å². The van der Waals surface area contributed by atoms with Crippen molar-refractivity contribution in [3.63, 3.8) is 0 Å². The number of aromatic nitrogens is 1. The maximum atomic E-state index is 13.6. The molecule has 0 saturated carbocycles. The van der Waals surface area contributed by atoms with E-state index in [1.165, 1.54) is 6.07 Å². The molecule has 0 bridgehead atoms. The molecule has 1 aromatic carbocycles. The Morgan fingerprint density at radius 3 is 2.50 bits per heavy atom. The molecule has 0 atom stereocenters. The van der Waals surface area contributed by atoms with Gasteiger partial charge >= 0.3 is 0 Å². The van der Waals surface area contributed by atoms with E-state index in [1.807, 2.05) is 6.92 Å². The number of halogens is 1. The van der Waals surface area contributed by atoms with E-state index in [0.717, 1.165) is 40.8 Å². The minimum Gasteiger partial charge on any atom is -0.384 e. The highest BCUT2D eigenvalue weighted by Crippen LogP contribution is 2.31. The number of rotatable bonds is 3. The van der Waals surface area contributed by atoms with Gasteiger partial charge in [0.2, 0.25) is 0 Å². The second-order valence-corrected chi connectivity index (χ2v) is 6.35. The van der Waals surface area contributed by atoms with Crippen molar-refractivity contribution in [1.29, 1.82) is 0 Å². The lowest BCUT2D eigenvalue weighted by Crippen LogP contribution is -2.15. The minimum absolute atomic E-state index is 0.0585. The summed E-state index contributed by atoms with van der Waals surface area (Å²) in [7, 11) is 0. The van der Waals surface area contributed by atoms with Crippen LogP contribution in [0.1, 0.15) is 45.4 Å². The van der Waals surface area contributed by atoms with E-state index in [-0.39, 0.29) is 11.2 Å². The normalized spacial score (nSPS) is 11.9. The molecule has 0 aliphatic heterocycles. The number of hydrogen-bond donors (Lipinski definition) is 1. The van der Waals surface area contributed by atoms with Gasteiger partial charge in [-0.3, -0.25) is 4.98 Å². The lowest BCUT2D eigenvalue weighted by atomic mass is 9.90. The third kappa shape index (κ3) is 2.92. The SMILES string of the molecule is CCCNc1cc(C(C)(C)C)nc2cc(F)cc(C)c12. The molecule has 108 valence electrons. The van der Waals surface area contributed by atoms with E-state index in [4.69, 9.17) is 0 Å². The third-order valence-corrected chi connectivity index (χ3v) is 3.40. The average molecular weight is 274 g/mol. The second-order valence-electron chi connectivity index (χ2n) is 6.35. The zero-order chi connectivity index (χ0) is 14.9. The number of nitrogens with zero attached hydrogens (tertiary/aromatic N) is 1. The largest absolute Gasteiger partial charge is 0.384 e. The Hall–Kier alpha value is -1.64. The fourth-order valence-corrected chi connectivity index (χ4v) is 2.32. The molecule has 1 N–H and O–H groups in total. The van der Waals surface area contributed by atoms with Gasteiger partial charge in [0.25, 0.3) is 0 Å². The minimum atomic E-state index is -0.227. The Balaban J connectivity index is 2.71. The molecule has 0 unspecified atom stereocenters. The predicted molar refractivity (Wildman–Crippen MR) is 83.9 cm³/mol. The fourth-order valence-electron chi connectivity index (χ4n) is 2.32. The molecule has 0 radical (unpaired) electrons. The number of anilines is 1. The van der Waals surface area contributed by atoms with Crippen molar-refractivity contribution in [2.45, 2.75) is 46.5 Å². The summed E-state index contributed by atoms with van der Waals surface area (Å²) >= 11 is 0. The van der Waals surface area contributed by atoms with Crippen LogP contribution >= 0.6 is 0 Å². The van der Waals surface area contributed by atoms with Crippen molar-refractivity contribution in [2.24, 2.45) is 0 Å². The summed E-state index contributed by atoms with van der Waals surface area (Å²) < 4.78 is 13.6. The van der Waals surface area contributed by atoms with Crippen LogP contribution in [0.15, 0.2) is 18.2 Å². The van der Waals surface area contributed by atoms with Crippen LogP contribution in [-0.4, -0.2) is 11.5 Å². The monoisotopic (exact) mass is 274 g/mol. The summed E-state index contributed by atoms with van der Waals surface area (Å²) in [6, 6.07) is 5.19. The van der Waals surface area contributed by atoms with Crippen molar-refractivity contribution >= 4 is 16.6 Å². The molecule has 2 nitrogen and oxygen atoms in total. The molecule has 1 heterocycles. The first-order chi connectivity index (χ1) is 9.32. The predicted octanol–water partition coefficient (Wildman–Crippen LogP) is 4.80. The highest BCUT2D eigenvalue weighted by molar-refractivity contribution is 5.94. The number of hydrogen-bond acceptors (Lipinski definition) is 2. The van der Waals surface area contributed by atoms with Gasteiger partial charge in [0.15, 0.2) is 0 Å². The van der Waals surface area contributed by atoms with Crippen molar-refractivity contribution in [3.05, 3.63) is 35.3 Å². The Bertz CT molecular complexity index is 627. The fraction of sp³-hybridized carbons (Fsp3) is 0.471. The molecule has 0 aliphatic rings. The van der Waals surface area contributed by atoms with Crippen LogP contribution < -0.4 is 5.32 Å². The second kappa shape index (κ2) is 5.39. The molecule has 0 amide bonds. The Morgan fingerprint density at radius 1 is 1.20 bits per heavy atom. The van der Waals surface area contributed by atoms with Gasteiger partial charge in [-0.1, -0.05) is 27.7 Å². The highest BCUT2D eigenvalue weighted by atomic mass is 19.1. The number of aryl methyl sites for hydroxylation is 1. The molecule has 0 saturated heterocycles. The van der Waals surface area contributed by atoms with E-state index in [2.05, 4.69) is 44.1 Å². The quantitative estimate of drug-likeness (QED) is 0.869. The topological polar surface area (TPSA) is 24.9 Å². The average Bonchev–Trinajstić information content (AvgIpc) is 2.33. The van der Waals surface area contributed by atoms with Gasteiger partial charge in [-0.05, 0) is 31.0 Å². The molecule has 20 heavy (non-hydrogen) atoms. The molecular weight excluding hydrogens is 251 g/mol. The Labute approximate surface area is 120 Å². The van der Waals surface area contributed by atoms with Gasteiger partial charge in [0.1, 0.15) is 5.82 Å². The molecule has 3 heteroatoms. The van der Waals surface area contributed by atoms with Gasteiger partial charge in [-0.15, -0.1) is 0 Å². The summed E-state index contributed by atoms with van der Waals surface area (Å²) in [6.07, 6.45) is 1.05. The van der Waals surface area contributed by atoms with E-state index >= 15 is 0 Å². The molecule has 2 rings (SSSR count). The summed E-state index contributed by atoms with van der Waals surface area (Å²) in [5.74, 6) is -0.227. The van der Waals surface area contributed by atoms with Crippen LogP contribution in [0.25, 0.3) is 10.9 Å². The lowest BCUT2D eigenvalue weighted by Gasteiger charge is -2.21. The van der Waals surface area contributed by atoms with Gasteiger partial charge < -0.3 is 5.32 Å². The van der Waals surface area contributed by atoms with E-state index < -0.39 is 0 Å². The van der Waals surface area contributed by atoms with E-state index in [9.17, 15) is 4.39 Å². The van der Waals surface area contributed by atoms with Gasteiger partial charge in [-0.2, -0.15) is 0 Å². The zero-order valence-electron chi connectivity index (χ0n) is 13.0. The summed E-state index contributed by atoms with van der Waals surface area (Å²) in [4.78, 5) is 4.66. The molecule has 0 spiro atoms. The first-order valence-electron chi connectivity index (χ1n) is 7.18. The van der Waals surface area contributed by atoms with Crippen LogP contribution in [-0.2, 0) is 5.41 Å². The molecular formula is C17H23FN2. The van der Waals surface area contributed by atoms with Crippen molar-refractivity contribution in [2.75, 3.05) is 11.9 Å². The maximum absolute atomic E-state index is 13.6. The number of nitrogens with one attached hydrogen (secondary N) is 1. The maximum Gasteiger partial charge on any atom is 0.125 e. The molecule has 0 fully saturated rings. The summed E-state index contributed by atoms with van der Waals surface area (Å²) in [6.45, 7) is 11.3. The van der Waals surface area contributed by atoms with Crippen LogP contribution in [0.2, 0.25) is 0 Å². The van der Waals surface area contributed by atoms with Crippen LogP contribution in [0, 0.1) is 12.7 Å². The smallest absolute Gasteiger partial charge is 0.125 e. The lowest BCUT2D eigenvalue weighted by molar-refractivity contribution is 0.571. The highest BCUT2D eigenvalue weighted by Gasteiger charge is 2.19. The summed E-state index contributed by atoms with van der Waals surface area (Å²) in [5, 5.41) is 4.47. The Kier molecular flexibility index (Phi) is 3.98. The first kappa shape index (κ1) is 14.8. The van der Waals surface area contributed by atoms with Crippen LogP contribution in [0.3, 0.4) is 0 Å². The molecule has 0 aliphatic carbocycles. The number of fused-ring (bicyclic) bond motifs is 1. The molecule has 2 aromatic rings. The summed E-state index contributed by atoms with van der Waals surface area (Å²) in [5.41, 5.74) is 3.63.